The van der Waals surface area contributed by atoms with Crippen molar-refractivity contribution in [1.82, 2.24) is 4.98 Å². The minimum Gasteiger partial charge on any atom is -0.494 e. The fraction of sp³-hybridized carbons (Fsp3) is 0.190. The van der Waals surface area contributed by atoms with Crippen LogP contribution in [0.2, 0.25) is 0 Å². The van der Waals surface area contributed by atoms with Gasteiger partial charge in [-0.15, -0.1) is 11.3 Å². The van der Waals surface area contributed by atoms with Gasteiger partial charge in [-0.25, -0.2) is 4.79 Å². The molecule has 1 aromatic carbocycles. The van der Waals surface area contributed by atoms with Crippen LogP contribution in [0.4, 0.5) is 5.00 Å². The molecule has 7 heteroatoms. The molecule has 144 valence electrons. The van der Waals surface area contributed by atoms with E-state index in [-0.39, 0.29) is 11.6 Å². The van der Waals surface area contributed by atoms with Gasteiger partial charge in [0.15, 0.2) is 0 Å². The molecule has 0 bridgehead atoms. The number of nitrogens with zero attached hydrogens (tertiary/aromatic N) is 1. The lowest BCUT2D eigenvalue weighted by molar-refractivity contribution is 0.0603. The Balaban J connectivity index is 2.01. The fourth-order valence-electron chi connectivity index (χ4n) is 2.83. The van der Waals surface area contributed by atoms with Crippen LogP contribution < -0.4 is 10.1 Å². The van der Waals surface area contributed by atoms with Crippen molar-refractivity contribution in [2.45, 2.75) is 13.8 Å². The molecule has 28 heavy (non-hydrogen) atoms. The second-order valence-corrected chi connectivity index (χ2v) is 7.08. The average molecular weight is 396 g/mol. The topological polar surface area (TPSA) is 77.5 Å². The van der Waals surface area contributed by atoms with Crippen molar-refractivity contribution in [1.29, 1.82) is 0 Å². The molecule has 2 heterocycles. The van der Waals surface area contributed by atoms with Crippen LogP contribution in [-0.4, -0.2) is 30.6 Å². The van der Waals surface area contributed by atoms with Crippen molar-refractivity contribution in [2.75, 3.05) is 19.0 Å². The molecule has 3 aromatic rings. The number of methoxy groups -OCH3 is 1. The first kappa shape index (κ1) is 19.6. The van der Waals surface area contributed by atoms with Gasteiger partial charge in [0.25, 0.3) is 5.91 Å². The van der Waals surface area contributed by atoms with Gasteiger partial charge in [0.2, 0.25) is 0 Å². The Hall–Kier alpha value is -3.19. The Labute approximate surface area is 167 Å². The summed E-state index contributed by atoms with van der Waals surface area (Å²) in [5.74, 6) is -0.141. The molecule has 0 unspecified atom stereocenters. The van der Waals surface area contributed by atoms with E-state index in [2.05, 4.69) is 10.3 Å². The number of esters is 1. The van der Waals surface area contributed by atoms with Crippen LogP contribution in [0.3, 0.4) is 0 Å². The molecular weight excluding hydrogens is 376 g/mol. The summed E-state index contributed by atoms with van der Waals surface area (Å²) in [6.45, 7) is 4.40. The number of carbonyl (C=O) groups is 2. The Morgan fingerprint density at radius 2 is 1.89 bits per heavy atom. The third kappa shape index (κ3) is 4.04. The average Bonchev–Trinajstić information content (AvgIpc) is 3.04. The van der Waals surface area contributed by atoms with Gasteiger partial charge in [-0.1, -0.05) is 18.2 Å². The highest BCUT2D eigenvalue weighted by Gasteiger charge is 2.25. The van der Waals surface area contributed by atoms with Crippen LogP contribution in [-0.2, 0) is 4.74 Å². The molecule has 0 aliphatic carbocycles. The van der Waals surface area contributed by atoms with E-state index in [0.29, 0.717) is 17.2 Å². The number of anilines is 1. The molecule has 0 fully saturated rings. The molecule has 6 nitrogen and oxygen atoms in total. The maximum absolute atomic E-state index is 12.5. The molecule has 1 amide bonds. The number of pyridine rings is 1. The Morgan fingerprint density at radius 3 is 2.50 bits per heavy atom. The predicted molar refractivity (Wildman–Crippen MR) is 109 cm³/mol. The zero-order chi connectivity index (χ0) is 20.1. The van der Waals surface area contributed by atoms with Crippen molar-refractivity contribution < 1.29 is 19.1 Å². The SMILES string of the molecule is CCOc1ccc(-c2c(C)sc(NC(=O)c3ccccn3)c2C(=O)OC)cc1. The molecule has 0 aliphatic heterocycles. The Bertz CT molecular complexity index is 982. The summed E-state index contributed by atoms with van der Waals surface area (Å²) >= 11 is 1.33. The molecule has 3 rings (SSSR count). The molecule has 0 atom stereocenters. The quantitative estimate of drug-likeness (QED) is 0.618. The smallest absolute Gasteiger partial charge is 0.341 e. The molecular formula is C21H20N2O4S. The largest absolute Gasteiger partial charge is 0.494 e. The second kappa shape index (κ2) is 8.67. The number of thiophene rings is 1. The number of rotatable bonds is 6. The highest BCUT2D eigenvalue weighted by atomic mass is 32.1. The first-order valence-corrected chi connectivity index (χ1v) is 9.54. The van der Waals surface area contributed by atoms with E-state index in [4.69, 9.17) is 9.47 Å². The number of hydrogen-bond acceptors (Lipinski definition) is 6. The van der Waals surface area contributed by atoms with Crippen LogP contribution in [0.1, 0.15) is 32.6 Å². The van der Waals surface area contributed by atoms with E-state index < -0.39 is 5.97 Å². The highest BCUT2D eigenvalue weighted by Crippen LogP contribution is 2.40. The summed E-state index contributed by atoms with van der Waals surface area (Å²) < 4.78 is 10.5. The number of aromatic nitrogens is 1. The molecule has 0 saturated carbocycles. The minimum absolute atomic E-state index is 0.270. The first-order chi connectivity index (χ1) is 13.5. The lowest BCUT2D eigenvalue weighted by Crippen LogP contribution is -2.15. The molecule has 0 aliphatic rings. The minimum atomic E-state index is -0.510. The third-order valence-electron chi connectivity index (χ3n) is 4.05. The molecule has 0 saturated heterocycles. The number of ether oxygens (including phenoxy) is 2. The van der Waals surface area contributed by atoms with Gasteiger partial charge in [-0.05, 0) is 43.7 Å². The van der Waals surface area contributed by atoms with Crippen molar-refractivity contribution in [3.8, 4) is 16.9 Å². The molecule has 0 radical (unpaired) electrons. The molecule has 2 aromatic heterocycles. The number of benzene rings is 1. The number of nitrogens with one attached hydrogen (secondary N) is 1. The van der Waals surface area contributed by atoms with Crippen LogP contribution in [0.5, 0.6) is 5.75 Å². The van der Waals surface area contributed by atoms with Crippen molar-refractivity contribution >= 4 is 28.2 Å². The summed E-state index contributed by atoms with van der Waals surface area (Å²) in [4.78, 5) is 30.0. The first-order valence-electron chi connectivity index (χ1n) is 8.72. The van der Waals surface area contributed by atoms with Crippen LogP contribution in [0.25, 0.3) is 11.1 Å². The number of amides is 1. The summed E-state index contributed by atoms with van der Waals surface area (Å²) in [5.41, 5.74) is 2.18. The Morgan fingerprint density at radius 1 is 1.14 bits per heavy atom. The van der Waals surface area contributed by atoms with Gasteiger partial charge in [0.1, 0.15) is 22.0 Å². The van der Waals surface area contributed by atoms with Gasteiger partial charge in [0, 0.05) is 16.6 Å². The maximum atomic E-state index is 12.5. The summed E-state index contributed by atoms with van der Waals surface area (Å²) in [7, 11) is 1.32. The van der Waals surface area contributed by atoms with Crippen LogP contribution >= 0.6 is 11.3 Å². The highest BCUT2D eigenvalue weighted by molar-refractivity contribution is 7.17. The lowest BCUT2D eigenvalue weighted by atomic mass is 10.0. The number of aryl methyl sites for hydroxylation is 1. The number of carbonyl (C=O) groups excluding carboxylic acids is 2. The molecule has 0 spiro atoms. The van der Waals surface area contributed by atoms with Crippen molar-refractivity contribution in [2.24, 2.45) is 0 Å². The zero-order valence-corrected chi connectivity index (χ0v) is 16.6. The van der Waals surface area contributed by atoms with Crippen LogP contribution in [0.15, 0.2) is 48.7 Å². The van der Waals surface area contributed by atoms with Gasteiger partial charge in [0.05, 0.1) is 13.7 Å². The molecule has 1 N–H and O–H groups in total. The predicted octanol–water partition coefficient (Wildman–Crippen LogP) is 4.56. The van der Waals surface area contributed by atoms with E-state index in [9.17, 15) is 9.59 Å². The van der Waals surface area contributed by atoms with Crippen LogP contribution in [0, 0.1) is 6.92 Å². The summed E-state index contributed by atoms with van der Waals surface area (Å²) in [5, 5.41) is 3.23. The zero-order valence-electron chi connectivity index (χ0n) is 15.8. The lowest BCUT2D eigenvalue weighted by Gasteiger charge is -2.09. The fourth-order valence-corrected chi connectivity index (χ4v) is 3.89. The van der Waals surface area contributed by atoms with E-state index >= 15 is 0 Å². The second-order valence-electron chi connectivity index (χ2n) is 5.86. The standard InChI is InChI=1S/C21H20N2O4S/c1-4-27-15-10-8-14(9-11-15)17-13(2)28-20(18(17)21(25)26-3)23-19(24)16-7-5-6-12-22-16/h5-12H,4H2,1-3H3,(H,23,24). The van der Waals surface area contributed by atoms with Crippen molar-refractivity contribution in [3.63, 3.8) is 0 Å². The van der Waals surface area contributed by atoms with E-state index in [1.54, 1.807) is 24.4 Å². The van der Waals surface area contributed by atoms with E-state index in [1.807, 2.05) is 38.1 Å². The van der Waals surface area contributed by atoms with Crippen molar-refractivity contribution in [3.05, 3.63) is 64.8 Å². The van der Waals surface area contributed by atoms with Gasteiger partial charge < -0.3 is 14.8 Å². The van der Waals surface area contributed by atoms with E-state index in [1.165, 1.54) is 18.4 Å². The van der Waals surface area contributed by atoms with Gasteiger partial charge in [-0.3, -0.25) is 9.78 Å². The maximum Gasteiger partial charge on any atom is 0.341 e. The third-order valence-corrected chi connectivity index (χ3v) is 5.07. The van der Waals surface area contributed by atoms with Gasteiger partial charge >= 0.3 is 5.97 Å². The normalized spacial score (nSPS) is 10.4. The summed E-state index contributed by atoms with van der Waals surface area (Å²) in [6.07, 6.45) is 1.54. The monoisotopic (exact) mass is 396 g/mol. The Kier molecular flexibility index (Phi) is 6.06. The van der Waals surface area contributed by atoms with E-state index in [0.717, 1.165) is 21.8 Å². The van der Waals surface area contributed by atoms with Gasteiger partial charge in [-0.2, -0.15) is 0 Å². The summed E-state index contributed by atoms with van der Waals surface area (Å²) in [6, 6.07) is 12.5. The number of hydrogen-bond donors (Lipinski definition) is 1.